The Kier molecular flexibility index (Phi) is 6.09. The van der Waals surface area contributed by atoms with Crippen molar-refractivity contribution in [2.24, 2.45) is 0 Å². The summed E-state index contributed by atoms with van der Waals surface area (Å²) in [6.07, 6.45) is 0. The number of thiazole rings is 1. The van der Waals surface area contributed by atoms with E-state index in [1.807, 2.05) is 30.3 Å². The van der Waals surface area contributed by atoms with Crippen molar-refractivity contribution in [2.75, 3.05) is 6.79 Å². The summed E-state index contributed by atoms with van der Waals surface area (Å²) in [5.74, 6) is -0.133. The molecule has 1 N–H and O–H groups in total. The van der Waals surface area contributed by atoms with Crippen molar-refractivity contribution >= 4 is 17.2 Å². The van der Waals surface area contributed by atoms with Crippen LogP contribution in [0.1, 0.15) is 21.6 Å². The Balaban J connectivity index is 1.17. The van der Waals surface area contributed by atoms with Crippen LogP contribution in [-0.2, 0) is 13.2 Å². The number of fused-ring (bicyclic) bond motifs is 1. The Bertz CT molecular complexity index is 1340. The maximum atomic E-state index is 13.3. The van der Waals surface area contributed by atoms with E-state index in [1.54, 1.807) is 17.5 Å². The third-order valence-corrected chi connectivity index (χ3v) is 6.01. The van der Waals surface area contributed by atoms with Crippen LogP contribution in [0.5, 0.6) is 17.2 Å². The highest BCUT2D eigenvalue weighted by atomic mass is 32.1. The molecule has 4 aromatic rings. The number of amides is 1. The van der Waals surface area contributed by atoms with Gasteiger partial charge in [0.25, 0.3) is 5.91 Å². The third-order valence-electron chi connectivity index (χ3n) is 5.12. The monoisotopic (exact) mass is 480 g/mol. The van der Waals surface area contributed by atoms with Crippen molar-refractivity contribution in [3.8, 4) is 27.8 Å². The first-order chi connectivity index (χ1) is 16.5. The molecular formula is C25H18F2N2O4S. The van der Waals surface area contributed by atoms with E-state index >= 15 is 0 Å². The number of carbonyl (C=O) groups excluding carboxylic acids is 1. The smallest absolute Gasteiger partial charge is 0.271 e. The van der Waals surface area contributed by atoms with Gasteiger partial charge in [0.2, 0.25) is 6.79 Å². The lowest BCUT2D eigenvalue weighted by molar-refractivity contribution is 0.0946. The SMILES string of the molecule is O=C(NCc1ccc2c(c1)OCO2)c1csc(-c2ccc(OCc3ccc(F)c(F)c3)cc2)n1. The highest BCUT2D eigenvalue weighted by Gasteiger charge is 2.15. The van der Waals surface area contributed by atoms with Crippen LogP contribution in [0.15, 0.2) is 66.0 Å². The molecule has 0 aliphatic carbocycles. The van der Waals surface area contributed by atoms with E-state index in [4.69, 9.17) is 14.2 Å². The zero-order chi connectivity index (χ0) is 23.5. The van der Waals surface area contributed by atoms with Gasteiger partial charge in [-0.25, -0.2) is 13.8 Å². The van der Waals surface area contributed by atoms with E-state index in [0.717, 1.165) is 23.3 Å². The molecule has 2 heterocycles. The lowest BCUT2D eigenvalue weighted by Crippen LogP contribution is -2.23. The number of benzene rings is 3. The van der Waals surface area contributed by atoms with Gasteiger partial charge in [-0.15, -0.1) is 11.3 Å². The zero-order valence-corrected chi connectivity index (χ0v) is 18.5. The molecule has 0 fully saturated rings. The molecule has 6 nitrogen and oxygen atoms in total. The molecular weight excluding hydrogens is 462 g/mol. The number of nitrogens with one attached hydrogen (secondary N) is 1. The van der Waals surface area contributed by atoms with Crippen LogP contribution in [0, 0.1) is 11.6 Å². The molecule has 0 spiro atoms. The van der Waals surface area contributed by atoms with E-state index in [0.29, 0.717) is 40.1 Å². The van der Waals surface area contributed by atoms with E-state index in [9.17, 15) is 13.6 Å². The number of carbonyl (C=O) groups is 1. The van der Waals surface area contributed by atoms with Crippen molar-refractivity contribution in [2.45, 2.75) is 13.2 Å². The van der Waals surface area contributed by atoms with Crippen LogP contribution in [-0.4, -0.2) is 17.7 Å². The minimum absolute atomic E-state index is 0.113. The molecule has 1 aliphatic rings. The van der Waals surface area contributed by atoms with Crippen molar-refractivity contribution in [1.29, 1.82) is 0 Å². The molecule has 0 saturated heterocycles. The molecule has 0 unspecified atom stereocenters. The van der Waals surface area contributed by atoms with E-state index in [-0.39, 0.29) is 19.3 Å². The summed E-state index contributed by atoms with van der Waals surface area (Å²) in [5.41, 5.74) is 2.59. The van der Waals surface area contributed by atoms with Crippen molar-refractivity contribution < 1.29 is 27.8 Å². The van der Waals surface area contributed by atoms with Crippen molar-refractivity contribution in [3.05, 3.63) is 94.5 Å². The number of aromatic nitrogens is 1. The van der Waals surface area contributed by atoms with Gasteiger partial charge in [-0.1, -0.05) is 12.1 Å². The van der Waals surface area contributed by atoms with Gasteiger partial charge in [-0.3, -0.25) is 4.79 Å². The van der Waals surface area contributed by atoms with Gasteiger partial charge in [0.1, 0.15) is 23.1 Å². The topological polar surface area (TPSA) is 69.7 Å². The number of halogens is 2. The van der Waals surface area contributed by atoms with Gasteiger partial charge in [0, 0.05) is 17.5 Å². The average molecular weight is 480 g/mol. The van der Waals surface area contributed by atoms with Crippen LogP contribution in [0.2, 0.25) is 0 Å². The highest BCUT2D eigenvalue weighted by Crippen LogP contribution is 2.32. The maximum absolute atomic E-state index is 13.3. The molecule has 0 saturated carbocycles. The molecule has 0 radical (unpaired) electrons. The average Bonchev–Trinajstić information content (AvgIpc) is 3.53. The second-order valence-corrected chi connectivity index (χ2v) is 8.33. The Labute approximate surface area is 197 Å². The Morgan fingerprint density at radius 2 is 1.76 bits per heavy atom. The molecule has 5 rings (SSSR count). The van der Waals surface area contributed by atoms with Crippen LogP contribution in [0.25, 0.3) is 10.6 Å². The van der Waals surface area contributed by atoms with Crippen molar-refractivity contribution in [1.82, 2.24) is 10.3 Å². The fourth-order valence-corrected chi connectivity index (χ4v) is 4.13. The van der Waals surface area contributed by atoms with Gasteiger partial charge in [0.15, 0.2) is 23.1 Å². The van der Waals surface area contributed by atoms with E-state index in [1.165, 1.54) is 17.4 Å². The lowest BCUT2D eigenvalue weighted by Gasteiger charge is -2.07. The second-order valence-electron chi connectivity index (χ2n) is 7.47. The Morgan fingerprint density at radius 3 is 2.59 bits per heavy atom. The largest absolute Gasteiger partial charge is 0.489 e. The maximum Gasteiger partial charge on any atom is 0.271 e. The van der Waals surface area contributed by atoms with Gasteiger partial charge < -0.3 is 19.5 Å². The summed E-state index contributed by atoms with van der Waals surface area (Å²) in [6, 6.07) is 16.4. The zero-order valence-electron chi connectivity index (χ0n) is 17.7. The van der Waals surface area contributed by atoms with Crippen molar-refractivity contribution in [3.63, 3.8) is 0 Å². The molecule has 9 heteroatoms. The predicted molar refractivity (Wildman–Crippen MR) is 122 cm³/mol. The number of ether oxygens (including phenoxy) is 3. The quantitative estimate of drug-likeness (QED) is 0.387. The second kappa shape index (κ2) is 9.48. The summed E-state index contributed by atoms with van der Waals surface area (Å²) in [4.78, 5) is 17.0. The van der Waals surface area contributed by atoms with Gasteiger partial charge in [-0.05, 0) is 59.7 Å². The summed E-state index contributed by atoms with van der Waals surface area (Å²) >= 11 is 1.36. The summed E-state index contributed by atoms with van der Waals surface area (Å²) in [7, 11) is 0. The minimum atomic E-state index is -0.907. The number of hydrogen-bond donors (Lipinski definition) is 1. The first kappa shape index (κ1) is 21.8. The molecule has 34 heavy (non-hydrogen) atoms. The summed E-state index contributed by atoms with van der Waals surface area (Å²) < 4.78 is 42.6. The lowest BCUT2D eigenvalue weighted by atomic mass is 10.2. The van der Waals surface area contributed by atoms with Gasteiger partial charge in [-0.2, -0.15) is 0 Å². The fraction of sp³-hybridized carbons (Fsp3) is 0.120. The molecule has 3 aromatic carbocycles. The summed E-state index contributed by atoms with van der Waals surface area (Å²) in [6.45, 7) is 0.655. The van der Waals surface area contributed by atoms with E-state index < -0.39 is 11.6 Å². The summed E-state index contributed by atoms with van der Waals surface area (Å²) in [5, 5.41) is 5.26. The predicted octanol–water partition coefficient (Wildman–Crippen LogP) is 5.33. The van der Waals surface area contributed by atoms with Crippen LogP contribution in [0.4, 0.5) is 8.78 Å². The van der Waals surface area contributed by atoms with E-state index in [2.05, 4.69) is 10.3 Å². The Hall–Kier alpha value is -3.98. The normalized spacial score (nSPS) is 11.9. The number of hydrogen-bond acceptors (Lipinski definition) is 6. The molecule has 1 amide bonds. The van der Waals surface area contributed by atoms with Crippen LogP contribution < -0.4 is 19.5 Å². The fourth-order valence-electron chi connectivity index (χ4n) is 3.32. The first-order valence-electron chi connectivity index (χ1n) is 10.3. The first-order valence-corrected chi connectivity index (χ1v) is 11.2. The standard InChI is InChI=1S/C25H18F2N2O4S/c26-19-7-1-16(9-20(19)27)12-31-18-5-3-17(4-6-18)25-29-21(13-34-25)24(30)28-11-15-2-8-22-23(10-15)33-14-32-22/h1-10,13H,11-12,14H2,(H,28,30). The van der Waals surface area contributed by atoms with Crippen LogP contribution in [0.3, 0.4) is 0 Å². The number of nitrogens with zero attached hydrogens (tertiary/aromatic N) is 1. The van der Waals surface area contributed by atoms with Gasteiger partial charge in [0.05, 0.1) is 0 Å². The molecule has 0 bridgehead atoms. The molecule has 1 aromatic heterocycles. The molecule has 1 aliphatic heterocycles. The third kappa shape index (κ3) is 4.84. The molecule has 0 atom stereocenters. The minimum Gasteiger partial charge on any atom is -0.489 e. The highest BCUT2D eigenvalue weighted by molar-refractivity contribution is 7.13. The number of rotatable bonds is 7. The molecule has 172 valence electrons. The van der Waals surface area contributed by atoms with Crippen LogP contribution >= 0.6 is 11.3 Å². The Morgan fingerprint density at radius 1 is 0.971 bits per heavy atom. The van der Waals surface area contributed by atoms with Gasteiger partial charge >= 0.3 is 0 Å².